The van der Waals surface area contributed by atoms with Crippen molar-refractivity contribution in [3.05, 3.63) is 17.5 Å². The van der Waals surface area contributed by atoms with Crippen LogP contribution in [0.2, 0.25) is 0 Å². The van der Waals surface area contributed by atoms with Gasteiger partial charge in [-0.25, -0.2) is 0 Å². The molecule has 3 heterocycles. The number of nitrogens with zero attached hydrogens (tertiary/aromatic N) is 4. The predicted molar refractivity (Wildman–Crippen MR) is 93.3 cm³/mol. The molecular weight excluding hydrogens is 320 g/mol. The highest BCUT2D eigenvalue weighted by Gasteiger charge is 2.30. The van der Waals surface area contributed by atoms with Crippen LogP contribution >= 0.6 is 0 Å². The van der Waals surface area contributed by atoms with Crippen molar-refractivity contribution >= 4 is 11.8 Å². The third kappa shape index (κ3) is 3.86. The first-order chi connectivity index (χ1) is 12.1. The minimum atomic E-state index is -0.00299. The molecule has 138 valence electrons. The van der Waals surface area contributed by atoms with Crippen molar-refractivity contribution in [1.29, 1.82) is 0 Å². The van der Waals surface area contributed by atoms with Crippen LogP contribution in [0.5, 0.6) is 0 Å². The molecule has 0 radical (unpaired) electrons. The van der Waals surface area contributed by atoms with E-state index >= 15 is 0 Å². The quantitative estimate of drug-likeness (QED) is 0.823. The molecular formula is C18H28N4O3. The summed E-state index contributed by atoms with van der Waals surface area (Å²) in [5.74, 6) is 0.203. The number of amides is 2. The van der Waals surface area contributed by atoms with Crippen LogP contribution in [0.1, 0.15) is 42.2 Å². The zero-order valence-electron chi connectivity index (χ0n) is 15.2. The third-order valence-corrected chi connectivity index (χ3v) is 5.14. The lowest BCUT2D eigenvalue weighted by Crippen LogP contribution is -2.40. The van der Waals surface area contributed by atoms with Gasteiger partial charge in [0.25, 0.3) is 5.91 Å². The van der Waals surface area contributed by atoms with E-state index in [1.807, 2.05) is 21.4 Å². The number of aryl methyl sites for hydroxylation is 1. The van der Waals surface area contributed by atoms with E-state index in [1.54, 1.807) is 6.20 Å². The van der Waals surface area contributed by atoms with Crippen LogP contribution in [-0.4, -0.2) is 70.8 Å². The molecule has 0 N–H and O–H groups in total. The molecule has 1 aromatic heterocycles. The number of aromatic nitrogens is 2. The van der Waals surface area contributed by atoms with Crippen LogP contribution in [0, 0.1) is 12.8 Å². The van der Waals surface area contributed by atoms with E-state index in [1.165, 1.54) is 0 Å². The minimum absolute atomic E-state index is 0.00299. The van der Waals surface area contributed by atoms with Crippen molar-refractivity contribution in [2.24, 2.45) is 5.92 Å². The van der Waals surface area contributed by atoms with Crippen molar-refractivity contribution in [1.82, 2.24) is 19.6 Å². The fourth-order valence-electron chi connectivity index (χ4n) is 3.59. The van der Waals surface area contributed by atoms with E-state index in [2.05, 4.69) is 12.0 Å². The SMILES string of the molecule is CCCn1ncc(C(=O)N2CCCN(C(=O)C3CCOC3)CC2)c1C. The van der Waals surface area contributed by atoms with E-state index in [0.717, 1.165) is 31.5 Å². The molecule has 2 fully saturated rings. The highest BCUT2D eigenvalue weighted by atomic mass is 16.5. The molecule has 2 aliphatic heterocycles. The van der Waals surface area contributed by atoms with Crippen molar-refractivity contribution in [2.75, 3.05) is 39.4 Å². The highest BCUT2D eigenvalue weighted by Crippen LogP contribution is 2.18. The molecule has 0 saturated carbocycles. The first-order valence-corrected chi connectivity index (χ1v) is 9.30. The molecule has 1 atom stereocenters. The number of hydrogen-bond acceptors (Lipinski definition) is 4. The molecule has 0 spiro atoms. The van der Waals surface area contributed by atoms with E-state index in [0.29, 0.717) is 45.0 Å². The Balaban J connectivity index is 1.62. The summed E-state index contributed by atoms with van der Waals surface area (Å²) < 4.78 is 7.22. The van der Waals surface area contributed by atoms with E-state index in [4.69, 9.17) is 4.74 Å². The summed E-state index contributed by atoms with van der Waals surface area (Å²) >= 11 is 0. The normalized spacial score (nSPS) is 21.4. The Labute approximate surface area is 148 Å². The summed E-state index contributed by atoms with van der Waals surface area (Å²) in [6.45, 7) is 8.66. The Bertz CT molecular complexity index is 622. The number of ether oxygens (including phenoxy) is 1. The molecule has 0 aliphatic carbocycles. The smallest absolute Gasteiger partial charge is 0.257 e. The molecule has 0 bridgehead atoms. The average molecular weight is 348 g/mol. The van der Waals surface area contributed by atoms with Gasteiger partial charge in [0.1, 0.15) is 0 Å². The van der Waals surface area contributed by atoms with Crippen LogP contribution in [0.25, 0.3) is 0 Å². The second-order valence-corrected chi connectivity index (χ2v) is 6.90. The number of rotatable bonds is 4. The summed E-state index contributed by atoms with van der Waals surface area (Å²) in [4.78, 5) is 29.2. The lowest BCUT2D eigenvalue weighted by Gasteiger charge is -2.24. The molecule has 7 heteroatoms. The van der Waals surface area contributed by atoms with Gasteiger partial charge in [0.15, 0.2) is 0 Å². The molecule has 1 aromatic rings. The lowest BCUT2D eigenvalue weighted by molar-refractivity contribution is -0.135. The monoisotopic (exact) mass is 348 g/mol. The van der Waals surface area contributed by atoms with Crippen LogP contribution in [0.3, 0.4) is 0 Å². The van der Waals surface area contributed by atoms with Gasteiger partial charge in [-0.3, -0.25) is 14.3 Å². The predicted octanol–water partition coefficient (Wildman–Crippen LogP) is 1.31. The van der Waals surface area contributed by atoms with Crippen LogP contribution in [-0.2, 0) is 16.1 Å². The first-order valence-electron chi connectivity index (χ1n) is 9.30. The second kappa shape index (κ2) is 7.99. The Morgan fingerprint density at radius 1 is 1.24 bits per heavy atom. The van der Waals surface area contributed by atoms with Gasteiger partial charge in [0.2, 0.25) is 5.91 Å². The van der Waals surface area contributed by atoms with Gasteiger partial charge in [0.05, 0.1) is 24.3 Å². The molecule has 25 heavy (non-hydrogen) atoms. The van der Waals surface area contributed by atoms with Gasteiger partial charge in [-0.2, -0.15) is 5.10 Å². The van der Waals surface area contributed by atoms with Crippen LogP contribution in [0.4, 0.5) is 0 Å². The summed E-state index contributed by atoms with van der Waals surface area (Å²) in [6, 6.07) is 0. The number of hydrogen-bond donors (Lipinski definition) is 0. The van der Waals surface area contributed by atoms with Crippen molar-refractivity contribution in [3.8, 4) is 0 Å². The number of carbonyl (C=O) groups is 2. The zero-order valence-corrected chi connectivity index (χ0v) is 15.2. The lowest BCUT2D eigenvalue weighted by atomic mass is 10.1. The maximum absolute atomic E-state index is 12.9. The summed E-state index contributed by atoms with van der Waals surface area (Å²) in [6.07, 6.45) is 4.29. The van der Waals surface area contributed by atoms with E-state index in [9.17, 15) is 9.59 Å². The van der Waals surface area contributed by atoms with Crippen LogP contribution in [0.15, 0.2) is 6.20 Å². The zero-order chi connectivity index (χ0) is 17.8. The summed E-state index contributed by atoms with van der Waals surface area (Å²) in [5, 5.41) is 4.33. The van der Waals surface area contributed by atoms with Gasteiger partial charge in [0, 0.05) is 45.0 Å². The molecule has 2 aliphatic rings. The Morgan fingerprint density at radius 3 is 2.72 bits per heavy atom. The topological polar surface area (TPSA) is 67.7 Å². The summed E-state index contributed by atoms with van der Waals surface area (Å²) in [5.41, 5.74) is 1.60. The standard InChI is InChI=1S/C18H28N4O3/c1-3-6-22-14(2)16(12-19-22)18(24)21-8-4-7-20(9-10-21)17(23)15-5-11-25-13-15/h12,15H,3-11,13H2,1-2H3. The van der Waals surface area contributed by atoms with Crippen molar-refractivity contribution < 1.29 is 14.3 Å². The van der Waals surface area contributed by atoms with E-state index < -0.39 is 0 Å². The second-order valence-electron chi connectivity index (χ2n) is 6.90. The van der Waals surface area contributed by atoms with Crippen molar-refractivity contribution in [2.45, 2.75) is 39.7 Å². The van der Waals surface area contributed by atoms with Gasteiger partial charge in [-0.05, 0) is 26.2 Å². The van der Waals surface area contributed by atoms with E-state index in [-0.39, 0.29) is 17.7 Å². The molecule has 0 aromatic carbocycles. The molecule has 2 amide bonds. The maximum atomic E-state index is 12.9. The molecule has 3 rings (SSSR count). The fourth-order valence-corrected chi connectivity index (χ4v) is 3.59. The largest absolute Gasteiger partial charge is 0.381 e. The Morgan fingerprint density at radius 2 is 2.00 bits per heavy atom. The number of carbonyl (C=O) groups excluding carboxylic acids is 2. The average Bonchev–Trinajstić information content (AvgIpc) is 3.19. The molecule has 7 nitrogen and oxygen atoms in total. The maximum Gasteiger partial charge on any atom is 0.257 e. The van der Waals surface area contributed by atoms with Gasteiger partial charge in [-0.1, -0.05) is 6.92 Å². The van der Waals surface area contributed by atoms with Crippen molar-refractivity contribution in [3.63, 3.8) is 0 Å². The minimum Gasteiger partial charge on any atom is -0.381 e. The third-order valence-electron chi connectivity index (χ3n) is 5.14. The van der Waals surface area contributed by atoms with Gasteiger partial charge >= 0.3 is 0 Å². The van der Waals surface area contributed by atoms with Gasteiger partial charge < -0.3 is 14.5 Å². The molecule has 1 unspecified atom stereocenters. The Hall–Kier alpha value is -1.89. The Kier molecular flexibility index (Phi) is 5.73. The van der Waals surface area contributed by atoms with Gasteiger partial charge in [-0.15, -0.1) is 0 Å². The summed E-state index contributed by atoms with van der Waals surface area (Å²) in [7, 11) is 0. The fraction of sp³-hybridized carbons (Fsp3) is 0.722. The first kappa shape index (κ1) is 17.9. The molecule has 2 saturated heterocycles. The van der Waals surface area contributed by atoms with Crippen LogP contribution < -0.4 is 0 Å². The highest BCUT2D eigenvalue weighted by molar-refractivity contribution is 5.95.